The van der Waals surface area contributed by atoms with Gasteiger partial charge in [0.25, 0.3) is 0 Å². The zero-order valence-electron chi connectivity index (χ0n) is 7.05. The molecule has 1 heterocycles. The largest absolute Gasteiger partial charge is 0.399 e. The van der Waals surface area contributed by atoms with Crippen molar-refractivity contribution in [3.05, 3.63) is 48.8 Å². The maximum atomic E-state index is 5.57. The van der Waals surface area contributed by atoms with Gasteiger partial charge < -0.3 is 10.3 Å². The number of halogens is 1. The monoisotopic (exact) mass is 194 g/mol. The molecule has 2 rings (SSSR count). The molecule has 0 spiro atoms. The topological polar surface area (TPSA) is 30.9 Å². The third-order valence-corrected chi connectivity index (χ3v) is 1.80. The first kappa shape index (κ1) is 9.68. The molecule has 2 N–H and O–H groups in total. The number of nitrogens with two attached hydrogens (primary N) is 1. The Labute approximate surface area is 83.4 Å². The summed E-state index contributed by atoms with van der Waals surface area (Å²) in [5.74, 6) is 0. The highest BCUT2D eigenvalue weighted by Gasteiger charge is 1.91. The van der Waals surface area contributed by atoms with E-state index < -0.39 is 0 Å². The molecule has 0 bridgehead atoms. The lowest BCUT2D eigenvalue weighted by atomic mass is 10.3. The average Bonchev–Trinajstić information content (AvgIpc) is 2.58. The van der Waals surface area contributed by atoms with Gasteiger partial charge >= 0.3 is 0 Å². The smallest absolute Gasteiger partial charge is 0.0450 e. The van der Waals surface area contributed by atoms with Gasteiger partial charge in [-0.15, -0.1) is 12.4 Å². The Morgan fingerprint density at radius 1 is 0.923 bits per heavy atom. The van der Waals surface area contributed by atoms with E-state index in [1.165, 1.54) is 0 Å². The summed E-state index contributed by atoms with van der Waals surface area (Å²) >= 11 is 0. The van der Waals surface area contributed by atoms with E-state index in [9.17, 15) is 0 Å². The quantitative estimate of drug-likeness (QED) is 0.695. The number of nitrogen functional groups attached to an aromatic ring is 1. The van der Waals surface area contributed by atoms with Crippen LogP contribution in [0.25, 0.3) is 5.69 Å². The van der Waals surface area contributed by atoms with Crippen molar-refractivity contribution >= 4 is 18.1 Å². The van der Waals surface area contributed by atoms with Gasteiger partial charge in [-0.25, -0.2) is 0 Å². The SMILES string of the molecule is Cl.Nc1ccc(-n2cccc2)cc1. The zero-order chi connectivity index (χ0) is 8.39. The second kappa shape index (κ2) is 4.01. The van der Waals surface area contributed by atoms with Gasteiger partial charge in [0.1, 0.15) is 0 Å². The molecule has 2 nitrogen and oxygen atoms in total. The molecular formula is C10H11ClN2. The highest BCUT2D eigenvalue weighted by molar-refractivity contribution is 5.85. The maximum Gasteiger partial charge on any atom is 0.0450 e. The Balaban J connectivity index is 0.000000845. The fourth-order valence-corrected chi connectivity index (χ4v) is 1.15. The summed E-state index contributed by atoms with van der Waals surface area (Å²) in [6.45, 7) is 0. The average molecular weight is 195 g/mol. The molecule has 68 valence electrons. The molecule has 0 atom stereocenters. The molecule has 0 aliphatic carbocycles. The van der Waals surface area contributed by atoms with Gasteiger partial charge in [0, 0.05) is 23.8 Å². The number of aromatic nitrogens is 1. The third-order valence-electron chi connectivity index (χ3n) is 1.80. The van der Waals surface area contributed by atoms with Gasteiger partial charge in [0.05, 0.1) is 0 Å². The van der Waals surface area contributed by atoms with E-state index in [1.807, 2.05) is 53.4 Å². The minimum absolute atomic E-state index is 0. The van der Waals surface area contributed by atoms with Gasteiger partial charge in [-0.2, -0.15) is 0 Å². The molecule has 0 unspecified atom stereocenters. The van der Waals surface area contributed by atoms with Crippen LogP contribution in [0.3, 0.4) is 0 Å². The van der Waals surface area contributed by atoms with E-state index in [0.29, 0.717) is 0 Å². The summed E-state index contributed by atoms with van der Waals surface area (Å²) in [6, 6.07) is 11.8. The van der Waals surface area contributed by atoms with Crippen LogP contribution in [0.5, 0.6) is 0 Å². The molecule has 0 radical (unpaired) electrons. The highest BCUT2D eigenvalue weighted by Crippen LogP contribution is 2.10. The number of hydrogen-bond donors (Lipinski definition) is 1. The van der Waals surface area contributed by atoms with E-state index in [4.69, 9.17) is 5.73 Å². The molecule has 1 aromatic carbocycles. The molecule has 0 saturated carbocycles. The van der Waals surface area contributed by atoms with Crippen LogP contribution >= 0.6 is 12.4 Å². The second-order valence-electron chi connectivity index (χ2n) is 2.68. The van der Waals surface area contributed by atoms with Crippen LogP contribution in [-0.2, 0) is 0 Å². The minimum atomic E-state index is 0. The standard InChI is InChI=1S/C10H10N2.ClH/c11-9-3-5-10(6-4-9)12-7-1-2-8-12;/h1-8H,11H2;1H. The molecule has 1 aromatic heterocycles. The minimum Gasteiger partial charge on any atom is -0.399 e. The van der Waals surface area contributed by atoms with Crippen LogP contribution in [0.1, 0.15) is 0 Å². The molecular weight excluding hydrogens is 184 g/mol. The molecule has 0 saturated heterocycles. The molecule has 0 aliphatic heterocycles. The van der Waals surface area contributed by atoms with Crippen LogP contribution in [0.2, 0.25) is 0 Å². The van der Waals surface area contributed by atoms with Crippen molar-refractivity contribution in [1.82, 2.24) is 4.57 Å². The normalized spacial score (nSPS) is 9.23. The number of hydrogen-bond acceptors (Lipinski definition) is 1. The Hall–Kier alpha value is -1.41. The molecule has 3 heteroatoms. The van der Waals surface area contributed by atoms with Gasteiger partial charge in [0.2, 0.25) is 0 Å². The third kappa shape index (κ3) is 2.04. The molecule has 2 aromatic rings. The lowest BCUT2D eigenvalue weighted by Gasteiger charge is -2.01. The summed E-state index contributed by atoms with van der Waals surface area (Å²) in [5, 5.41) is 0. The Kier molecular flexibility index (Phi) is 2.98. The summed E-state index contributed by atoms with van der Waals surface area (Å²) in [6.07, 6.45) is 4.01. The lowest BCUT2D eigenvalue weighted by molar-refractivity contribution is 1.08. The van der Waals surface area contributed by atoms with Crippen molar-refractivity contribution in [1.29, 1.82) is 0 Å². The van der Waals surface area contributed by atoms with Crippen molar-refractivity contribution in [3.8, 4) is 5.69 Å². The van der Waals surface area contributed by atoms with Crippen LogP contribution < -0.4 is 5.73 Å². The number of nitrogens with zero attached hydrogens (tertiary/aromatic N) is 1. The zero-order valence-corrected chi connectivity index (χ0v) is 7.87. The number of benzene rings is 1. The van der Waals surface area contributed by atoms with Crippen molar-refractivity contribution in [3.63, 3.8) is 0 Å². The first-order valence-electron chi connectivity index (χ1n) is 3.85. The number of anilines is 1. The summed E-state index contributed by atoms with van der Waals surface area (Å²) in [4.78, 5) is 0. The van der Waals surface area contributed by atoms with Gasteiger partial charge in [-0.1, -0.05) is 0 Å². The molecule has 13 heavy (non-hydrogen) atoms. The van der Waals surface area contributed by atoms with Crippen molar-refractivity contribution in [2.24, 2.45) is 0 Å². The van der Waals surface area contributed by atoms with E-state index in [-0.39, 0.29) is 12.4 Å². The summed E-state index contributed by atoms with van der Waals surface area (Å²) < 4.78 is 2.04. The van der Waals surface area contributed by atoms with E-state index in [1.54, 1.807) is 0 Å². The fraction of sp³-hybridized carbons (Fsp3) is 0. The van der Waals surface area contributed by atoms with Gasteiger partial charge in [-0.05, 0) is 36.4 Å². The van der Waals surface area contributed by atoms with Gasteiger partial charge in [0.15, 0.2) is 0 Å². The lowest BCUT2D eigenvalue weighted by Crippen LogP contribution is -1.90. The van der Waals surface area contributed by atoms with Crippen LogP contribution in [-0.4, -0.2) is 4.57 Å². The van der Waals surface area contributed by atoms with Crippen molar-refractivity contribution in [2.75, 3.05) is 5.73 Å². The fourth-order valence-electron chi connectivity index (χ4n) is 1.15. The van der Waals surface area contributed by atoms with Crippen molar-refractivity contribution < 1.29 is 0 Å². The van der Waals surface area contributed by atoms with Crippen LogP contribution in [0, 0.1) is 0 Å². The number of rotatable bonds is 1. The Morgan fingerprint density at radius 2 is 1.46 bits per heavy atom. The second-order valence-corrected chi connectivity index (χ2v) is 2.68. The summed E-state index contributed by atoms with van der Waals surface area (Å²) in [7, 11) is 0. The van der Waals surface area contributed by atoms with Crippen LogP contribution in [0.4, 0.5) is 5.69 Å². The highest BCUT2D eigenvalue weighted by atomic mass is 35.5. The molecule has 0 fully saturated rings. The Bertz CT molecular complexity index is 351. The molecule has 0 amide bonds. The predicted molar refractivity (Wildman–Crippen MR) is 57.4 cm³/mol. The summed E-state index contributed by atoms with van der Waals surface area (Å²) in [5.41, 5.74) is 7.50. The van der Waals surface area contributed by atoms with E-state index >= 15 is 0 Å². The van der Waals surface area contributed by atoms with Gasteiger partial charge in [-0.3, -0.25) is 0 Å². The first-order chi connectivity index (χ1) is 5.86. The Morgan fingerprint density at radius 3 is 2.00 bits per heavy atom. The first-order valence-corrected chi connectivity index (χ1v) is 3.85. The van der Waals surface area contributed by atoms with Crippen LogP contribution in [0.15, 0.2) is 48.8 Å². The van der Waals surface area contributed by atoms with E-state index in [0.717, 1.165) is 11.4 Å². The molecule has 0 aliphatic rings. The predicted octanol–water partition coefficient (Wildman–Crippen LogP) is 2.48. The maximum absolute atomic E-state index is 5.57. The van der Waals surface area contributed by atoms with Crippen molar-refractivity contribution in [2.45, 2.75) is 0 Å². The van der Waals surface area contributed by atoms with E-state index in [2.05, 4.69) is 0 Å².